The third-order valence-electron chi connectivity index (χ3n) is 4.83. The van der Waals surface area contributed by atoms with Gasteiger partial charge in [-0.15, -0.1) is 0 Å². The van der Waals surface area contributed by atoms with Crippen LogP contribution in [0, 0.1) is 6.92 Å². The maximum absolute atomic E-state index is 13.0. The Bertz CT molecular complexity index is 1100. The molecule has 2 heterocycles. The molecule has 1 atom stereocenters. The minimum absolute atomic E-state index is 0.216. The molecule has 0 amide bonds. The van der Waals surface area contributed by atoms with Gasteiger partial charge in [0.1, 0.15) is 17.4 Å². The molecule has 0 spiro atoms. The van der Waals surface area contributed by atoms with Gasteiger partial charge in [0.05, 0.1) is 11.4 Å². The Kier molecular flexibility index (Phi) is 4.80. The van der Waals surface area contributed by atoms with Crippen LogP contribution in [0.2, 0.25) is 5.02 Å². The Morgan fingerprint density at radius 2 is 1.93 bits per heavy atom. The van der Waals surface area contributed by atoms with Gasteiger partial charge in [-0.3, -0.25) is 4.98 Å². The summed E-state index contributed by atoms with van der Waals surface area (Å²) in [6.07, 6.45) is 2.14. The molecule has 2 aromatic carbocycles. The van der Waals surface area contributed by atoms with Crippen molar-refractivity contribution in [1.82, 2.24) is 9.29 Å². The molecule has 5 nitrogen and oxygen atoms in total. The molecule has 0 unspecified atom stereocenters. The molecule has 27 heavy (non-hydrogen) atoms. The Morgan fingerprint density at radius 1 is 1.15 bits per heavy atom. The predicted octanol–water partition coefficient (Wildman–Crippen LogP) is 4.04. The maximum Gasteiger partial charge on any atom is 0.243 e. The van der Waals surface area contributed by atoms with Crippen LogP contribution in [0.5, 0.6) is 5.75 Å². The number of pyridine rings is 1. The van der Waals surface area contributed by atoms with Gasteiger partial charge >= 0.3 is 0 Å². The molecule has 0 N–H and O–H groups in total. The minimum atomic E-state index is -3.61. The number of fused-ring (bicyclic) bond motifs is 1. The lowest BCUT2D eigenvalue weighted by Crippen LogP contribution is -2.31. The van der Waals surface area contributed by atoms with Gasteiger partial charge in [-0.1, -0.05) is 35.9 Å². The van der Waals surface area contributed by atoms with E-state index < -0.39 is 10.0 Å². The third kappa shape index (κ3) is 3.40. The molecule has 7 heteroatoms. The van der Waals surface area contributed by atoms with Crippen molar-refractivity contribution in [3.8, 4) is 5.75 Å². The molecule has 3 aromatic rings. The van der Waals surface area contributed by atoms with E-state index in [4.69, 9.17) is 16.3 Å². The van der Waals surface area contributed by atoms with Gasteiger partial charge in [-0.2, -0.15) is 4.31 Å². The lowest BCUT2D eigenvalue weighted by molar-refractivity contribution is 0.218. The van der Waals surface area contributed by atoms with Gasteiger partial charge in [0.2, 0.25) is 10.0 Å². The van der Waals surface area contributed by atoms with Crippen molar-refractivity contribution in [2.24, 2.45) is 0 Å². The number of aromatic nitrogens is 1. The van der Waals surface area contributed by atoms with Crippen LogP contribution in [0.15, 0.2) is 59.6 Å². The van der Waals surface area contributed by atoms with Crippen LogP contribution in [0.25, 0.3) is 10.9 Å². The number of hydrogen-bond acceptors (Lipinski definition) is 4. The normalized spacial score (nSPS) is 18.1. The summed E-state index contributed by atoms with van der Waals surface area (Å²) in [5.41, 5.74) is 1.36. The molecule has 1 saturated heterocycles. The van der Waals surface area contributed by atoms with Crippen molar-refractivity contribution in [2.75, 3.05) is 13.1 Å². The molecule has 1 aromatic heterocycles. The van der Waals surface area contributed by atoms with Crippen LogP contribution in [0.4, 0.5) is 0 Å². The molecular weight excluding hydrogens is 384 g/mol. The number of benzene rings is 2. The van der Waals surface area contributed by atoms with Crippen molar-refractivity contribution < 1.29 is 13.2 Å². The highest BCUT2D eigenvalue weighted by molar-refractivity contribution is 7.89. The summed E-state index contributed by atoms with van der Waals surface area (Å²) in [7, 11) is -3.61. The summed E-state index contributed by atoms with van der Waals surface area (Å²) in [6.45, 7) is 2.44. The summed E-state index contributed by atoms with van der Waals surface area (Å²) in [4.78, 5) is 4.64. The number of nitrogens with zero attached hydrogens (tertiary/aromatic N) is 2. The van der Waals surface area contributed by atoms with Gasteiger partial charge in [0.25, 0.3) is 0 Å². The van der Waals surface area contributed by atoms with E-state index in [2.05, 4.69) is 4.98 Å². The van der Waals surface area contributed by atoms with E-state index in [1.165, 1.54) is 4.31 Å². The number of halogens is 1. The fraction of sp³-hybridized carbons (Fsp3) is 0.250. The smallest absolute Gasteiger partial charge is 0.243 e. The van der Waals surface area contributed by atoms with E-state index in [0.29, 0.717) is 35.8 Å². The largest absolute Gasteiger partial charge is 0.487 e. The van der Waals surface area contributed by atoms with Gasteiger partial charge in [-0.25, -0.2) is 8.42 Å². The molecule has 140 valence electrons. The average Bonchev–Trinajstić information content (AvgIpc) is 3.14. The average molecular weight is 403 g/mol. The van der Waals surface area contributed by atoms with Crippen LogP contribution in [-0.4, -0.2) is 36.9 Å². The van der Waals surface area contributed by atoms with Crippen molar-refractivity contribution in [3.63, 3.8) is 0 Å². The summed E-state index contributed by atoms with van der Waals surface area (Å²) < 4.78 is 33.6. The van der Waals surface area contributed by atoms with Gasteiger partial charge in [0.15, 0.2) is 0 Å². The number of ether oxygens (including phenoxy) is 1. The minimum Gasteiger partial charge on any atom is -0.487 e. The summed E-state index contributed by atoms with van der Waals surface area (Å²) in [5.74, 6) is 0.677. The lowest BCUT2D eigenvalue weighted by Gasteiger charge is -2.19. The first-order valence-corrected chi connectivity index (χ1v) is 10.5. The van der Waals surface area contributed by atoms with E-state index >= 15 is 0 Å². The molecule has 0 bridgehead atoms. The summed E-state index contributed by atoms with van der Waals surface area (Å²) in [5, 5.41) is 1.44. The van der Waals surface area contributed by atoms with Crippen LogP contribution in [0.3, 0.4) is 0 Å². The second-order valence-corrected chi connectivity index (χ2v) is 8.90. The second kappa shape index (κ2) is 7.11. The molecule has 0 aliphatic carbocycles. The molecule has 0 saturated carbocycles. The number of rotatable bonds is 4. The number of hydrogen-bond donors (Lipinski definition) is 0. The van der Waals surface area contributed by atoms with Crippen molar-refractivity contribution in [2.45, 2.75) is 24.3 Å². The summed E-state index contributed by atoms with van der Waals surface area (Å²) in [6, 6.07) is 14.6. The van der Waals surface area contributed by atoms with Crippen molar-refractivity contribution >= 4 is 32.5 Å². The lowest BCUT2D eigenvalue weighted by atomic mass is 10.2. The monoisotopic (exact) mass is 402 g/mol. The van der Waals surface area contributed by atoms with Gasteiger partial charge < -0.3 is 4.74 Å². The zero-order valence-corrected chi connectivity index (χ0v) is 16.4. The molecule has 0 radical (unpaired) electrons. The Balaban J connectivity index is 1.56. The molecule has 1 aliphatic rings. The fourth-order valence-corrected chi connectivity index (χ4v) is 5.33. The van der Waals surface area contributed by atoms with Crippen LogP contribution in [0.1, 0.15) is 12.0 Å². The van der Waals surface area contributed by atoms with Crippen molar-refractivity contribution in [1.29, 1.82) is 0 Å². The predicted molar refractivity (Wildman–Crippen MR) is 106 cm³/mol. The highest BCUT2D eigenvalue weighted by atomic mass is 35.5. The zero-order chi connectivity index (χ0) is 19.0. The number of para-hydroxylation sites is 1. The quantitative estimate of drug-likeness (QED) is 0.660. The Hall–Kier alpha value is -2.15. The highest BCUT2D eigenvalue weighted by Gasteiger charge is 2.34. The van der Waals surface area contributed by atoms with Crippen LogP contribution in [-0.2, 0) is 10.0 Å². The Labute approximate surface area is 163 Å². The van der Waals surface area contributed by atoms with Crippen LogP contribution < -0.4 is 4.74 Å². The SMILES string of the molecule is Cc1c(Cl)cccc1S(=O)(=O)N1CC[C@H](Oc2cccc3cccnc23)C1. The maximum atomic E-state index is 13.0. The molecular formula is C20H19ClN2O3S. The number of sulfonamides is 1. The van der Waals surface area contributed by atoms with Crippen molar-refractivity contribution in [3.05, 3.63) is 65.3 Å². The standard InChI is InChI=1S/C20H19ClN2O3S/c1-14-17(21)7-3-9-19(14)27(24,25)23-12-10-16(13-23)26-18-8-2-5-15-6-4-11-22-20(15)18/h2-9,11,16H,10,12-13H2,1H3/t16-/m0/s1. The topological polar surface area (TPSA) is 59.5 Å². The molecule has 1 fully saturated rings. The van der Waals surface area contributed by atoms with E-state index in [9.17, 15) is 8.42 Å². The Morgan fingerprint density at radius 3 is 2.78 bits per heavy atom. The van der Waals surface area contributed by atoms with E-state index in [1.54, 1.807) is 31.3 Å². The first-order valence-electron chi connectivity index (χ1n) is 8.72. The van der Waals surface area contributed by atoms with Crippen LogP contribution >= 0.6 is 11.6 Å². The first-order chi connectivity index (χ1) is 13.0. The zero-order valence-electron chi connectivity index (χ0n) is 14.8. The van der Waals surface area contributed by atoms with E-state index in [0.717, 1.165) is 10.9 Å². The van der Waals surface area contributed by atoms with E-state index in [1.807, 2.05) is 30.3 Å². The van der Waals surface area contributed by atoms with Gasteiger partial charge in [-0.05, 0) is 43.2 Å². The summed E-state index contributed by atoms with van der Waals surface area (Å²) >= 11 is 6.10. The fourth-order valence-electron chi connectivity index (χ4n) is 3.37. The second-order valence-electron chi connectivity index (χ2n) is 6.59. The van der Waals surface area contributed by atoms with E-state index in [-0.39, 0.29) is 11.0 Å². The molecule has 4 rings (SSSR count). The van der Waals surface area contributed by atoms with Gasteiger partial charge in [0, 0.05) is 23.2 Å². The highest BCUT2D eigenvalue weighted by Crippen LogP contribution is 2.30. The molecule has 1 aliphatic heterocycles. The first kappa shape index (κ1) is 18.2. The third-order valence-corrected chi connectivity index (χ3v) is 7.25.